The lowest BCUT2D eigenvalue weighted by Gasteiger charge is -2.31. The number of rotatable bonds is 4. The average molecular weight is 308 g/mol. The number of para-hydroxylation sites is 1. The van der Waals surface area contributed by atoms with Gasteiger partial charge in [-0.25, -0.2) is 0 Å². The van der Waals surface area contributed by atoms with Gasteiger partial charge in [0.1, 0.15) is 31.0 Å². The Kier molecular flexibility index (Phi) is 5.10. The second-order valence-corrected chi connectivity index (χ2v) is 5.87. The highest BCUT2D eigenvalue weighted by molar-refractivity contribution is 5.94. The SMILES string of the molecule is Cc1cccc([N+](=O)[O-])c1NC(=O)C[NH+]1C[C@H](C)O[C@@H](C)C1. The molecule has 1 aromatic carbocycles. The molecule has 0 radical (unpaired) electrons. The van der Waals surface area contributed by atoms with Crippen molar-refractivity contribution in [1.82, 2.24) is 0 Å². The van der Waals surface area contributed by atoms with Crippen molar-refractivity contribution in [3.8, 4) is 0 Å². The van der Waals surface area contributed by atoms with Crippen molar-refractivity contribution < 1.29 is 19.4 Å². The highest BCUT2D eigenvalue weighted by Crippen LogP contribution is 2.27. The molecule has 2 rings (SSSR count). The van der Waals surface area contributed by atoms with Gasteiger partial charge in [0, 0.05) is 6.07 Å². The summed E-state index contributed by atoms with van der Waals surface area (Å²) in [4.78, 5) is 23.9. The van der Waals surface area contributed by atoms with E-state index in [0.29, 0.717) is 5.56 Å². The molecule has 0 bridgehead atoms. The minimum absolute atomic E-state index is 0.0768. The first-order valence-corrected chi connectivity index (χ1v) is 7.39. The van der Waals surface area contributed by atoms with Crippen LogP contribution >= 0.6 is 0 Å². The average Bonchev–Trinajstić information content (AvgIpc) is 2.39. The van der Waals surface area contributed by atoms with Crippen LogP contribution < -0.4 is 10.2 Å². The van der Waals surface area contributed by atoms with Crippen LogP contribution in [0.4, 0.5) is 11.4 Å². The van der Waals surface area contributed by atoms with E-state index in [1.165, 1.54) is 6.07 Å². The first kappa shape index (κ1) is 16.4. The maximum atomic E-state index is 12.2. The van der Waals surface area contributed by atoms with E-state index in [1.54, 1.807) is 19.1 Å². The van der Waals surface area contributed by atoms with Crippen LogP contribution in [0.25, 0.3) is 0 Å². The third kappa shape index (κ3) is 4.02. The Morgan fingerprint density at radius 2 is 2.05 bits per heavy atom. The minimum atomic E-state index is -0.478. The number of nitrogens with zero attached hydrogens (tertiary/aromatic N) is 1. The van der Waals surface area contributed by atoms with Crippen LogP contribution in [0.1, 0.15) is 19.4 Å². The Balaban J connectivity index is 2.05. The Morgan fingerprint density at radius 3 is 2.64 bits per heavy atom. The van der Waals surface area contributed by atoms with Gasteiger partial charge in [-0.3, -0.25) is 14.9 Å². The normalized spacial score (nSPS) is 24.8. The number of nitro groups is 1. The molecular weight excluding hydrogens is 286 g/mol. The maximum Gasteiger partial charge on any atom is 0.293 e. The lowest BCUT2D eigenvalue weighted by atomic mass is 10.1. The third-order valence-corrected chi connectivity index (χ3v) is 3.74. The van der Waals surface area contributed by atoms with Crippen LogP contribution in [-0.2, 0) is 9.53 Å². The first-order chi connectivity index (χ1) is 10.4. The summed E-state index contributed by atoms with van der Waals surface area (Å²) in [5.74, 6) is -0.214. The van der Waals surface area contributed by atoms with Gasteiger partial charge in [-0.15, -0.1) is 0 Å². The fourth-order valence-electron chi connectivity index (χ4n) is 2.91. The van der Waals surface area contributed by atoms with E-state index in [-0.39, 0.29) is 36.0 Å². The standard InChI is InChI=1S/C15H21N3O4/c1-10-5-4-6-13(18(20)21)15(10)16-14(19)9-17-7-11(2)22-12(3)8-17/h4-6,11-12H,7-9H2,1-3H3,(H,16,19)/p+1/t11-,12-/m0/s1. The highest BCUT2D eigenvalue weighted by Gasteiger charge is 2.28. The van der Waals surface area contributed by atoms with E-state index in [4.69, 9.17) is 4.74 Å². The lowest BCUT2D eigenvalue weighted by molar-refractivity contribution is -0.907. The number of amides is 1. The van der Waals surface area contributed by atoms with Crippen molar-refractivity contribution in [1.29, 1.82) is 0 Å². The van der Waals surface area contributed by atoms with Gasteiger partial charge < -0.3 is 15.0 Å². The van der Waals surface area contributed by atoms with Crippen molar-refractivity contribution in [2.75, 3.05) is 25.0 Å². The van der Waals surface area contributed by atoms with E-state index >= 15 is 0 Å². The number of quaternary nitrogens is 1. The first-order valence-electron chi connectivity index (χ1n) is 7.39. The van der Waals surface area contributed by atoms with E-state index in [9.17, 15) is 14.9 Å². The van der Waals surface area contributed by atoms with Crippen LogP contribution in [0, 0.1) is 17.0 Å². The van der Waals surface area contributed by atoms with Gasteiger partial charge in [0.05, 0.1) is 4.92 Å². The second-order valence-electron chi connectivity index (χ2n) is 5.87. The van der Waals surface area contributed by atoms with E-state index in [1.807, 2.05) is 13.8 Å². The number of aryl methyl sites for hydroxylation is 1. The quantitative estimate of drug-likeness (QED) is 0.628. The molecule has 0 aliphatic carbocycles. The van der Waals surface area contributed by atoms with E-state index in [2.05, 4.69) is 5.32 Å². The molecule has 1 aliphatic heterocycles. The Morgan fingerprint density at radius 1 is 1.41 bits per heavy atom. The van der Waals surface area contributed by atoms with Crippen LogP contribution in [0.5, 0.6) is 0 Å². The summed E-state index contributed by atoms with van der Waals surface area (Å²) in [7, 11) is 0. The zero-order chi connectivity index (χ0) is 16.3. The van der Waals surface area contributed by atoms with E-state index < -0.39 is 4.92 Å². The Bertz CT molecular complexity index is 566. The van der Waals surface area contributed by atoms with Crippen LogP contribution in [0.3, 0.4) is 0 Å². The molecule has 7 nitrogen and oxygen atoms in total. The number of nitrogens with one attached hydrogen (secondary N) is 2. The molecular formula is C15H22N3O4+. The molecule has 1 fully saturated rings. The number of carbonyl (C=O) groups is 1. The molecule has 120 valence electrons. The second kappa shape index (κ2) is 6.85. The van der Waals surface area contributed by atoms with Crippen molar-refractivity contribution >= 4 is 17.3 Å². The predicted molar refractivity (Wildman–Crippen MR) is 82.0 cm³/mol. The molecule has 0 unspecified atom stereocenters. The van der Waals surface area contributed by atoms with Crippen molar-refractivity contribution in [3.63, 3.8) is 0 Å². The number of benzene rings is 1. The number of hydrogen-bond acceptors (Lipinski definition) is 4. The number of carbonyl (C=O) groups excluding carboxylic acids is 1. The predicted octanol–water partition coefficient (Wildman–Crippen LogP) is 0.534. The minimum Gasteiger partial charge on any atom is -0.364 e. The van der Waals surface area contributed by atoms with Gasteiger partial charge >= 0.3 is 0 Å². The molecule has 2 N–H and O–H groups in total. The summed E-state index contributed by atoms with van der Waals surface area (Å²) in [6.07, 6.45) is 0.221. The fraction of sp³-hybridized carbons (Fsp3) is 0.533. The third-order valence-electron chi connectivity index (χ3n) is 3.74. The van der Waals surface area contributed by atoms with Crippen LogP contribution in [0.15, 0.2) is 18.2 Å². The lowest BCUT2D eigenvalue weighted by Crippen LogP contribution is -3.16. The molecule has 1 saturated heterocycles. The Labute approximate surface area is 129 Å². The van der Waals surface area contributed by atoms with Gasteiger partial charge in [-0.05, 0) is 26.3 Å². The van der Waals surface area contributed by atoms with Gasteiger partial charge in [0.25, 0.3) is 11.6 Å². The highest BCUT2D eigenvalue weighted by atomic mass is 16.6. The Hall–Kier alpha value is -1.99. The van der Waals surface area contributed by atoms with Crippen molar-refractivity contribution in [3.05, 3.63) is 33.9 Å². The van der Waals surface area contributed by atoms with Crippen molar-refractivity contribution in [2.24, 2.45) is 0 Å². The smallest absolute Gasteiger partial charge is 0.293 e. The van der Waals surface area contributed by atoms with Gasteiger partial charge in [-0.1, -0.05) is 12.1 Å². The zero-order valence-electron chi connectivity index (χ0n) is 13.1. The molecule has 1 amide bonds. The fourth-order valence-corrected chi connectivity index (χ4v) is 2.91. The zero-order valence-corrected chi connectivity index (χ0v) is 13.1. The largest absolute Gasteiger partial charge is 0.364 e. The summed E-state index contributed by atoms with van der Waals surface area (Å²) >= 11 is 0. The van der Waals surface area contributed by atoms with Gasteiger partial charge in [0.2, 0.25) is 0 Å². The number of anilines is 1. The van der Waals surface area contributed by atoms with Gasteiger partial charge in [0.15, 0.2) is 6.54 Å². The number of ether oxygens (including phenoxy) is 1. The van der Waals surface area contributed by atoms with Crippen molar-refractivity contribution in [2.45, 2.75) is 33.0 Å². The molecule has 1 aromatic rings. The number of hydrogen-bond donors (Lipinski definition) is 2. The summed E-state index contributed by atoms with van der Waals surface area (Å²) in [6.45, 7) is 7.51. The molecule has 0 spiro atoms. The number of nitro benzene ring substituents is 1. The van der Waals surface area contributed by atoms with Gasteiger partial charge in [-0.2, -0.15) is 0 Å². The maximum absolute atomic E-state index is 12.2. The molecule has 0 aromatic heterocycles. The molecule has 0 saturated carbocycles. The summed E-state index contributed by atoms with van der Waals surface area (Å²) < 4.78 is 5.64. The topological polar surface area (TPSA) is 85.9 Å². The van der Waals surface area contributed by atoms with Crippen LogP contribution in [-0.4, -0.2) is 42.7 Å². The van der Waals surface area contributed by atoms with E-state index in [0.717, 1.165) is 18.0 Å². The molecule has 2 atom stereocenters. The molecule has 1 heterocycles. The molecule has 22 heavy (non-hydrogen) atoms. The summed E-state index contributed by atoms with van der Waals surface area (Å²) in [5, 5.41) is 13.8. The molecule has 7 heteroatoms. The monoisotopic (exact) mass is 308 g/mol. The number of morpholine rings is 1. The summed E-state index contributed by atoms with van der Waals surface area (Å²) in [6, 6.07) is 4.75. The summed E-state index contributed by atoms with van der Waals surface area (Å²) in [5.41, 5.74) is 0.889. The van der Waals surface area contributed by atoms with Crippen LogP contribution in [0.2, 0.25) is 0 Å². The molecule has 1 aliphatic rings.